The van der Waals surface area contributed by atoms with E-state index in [1.54, 1.807) is 12.1 Å². The summed E-state index contributed by atoms with van der Waals surface area (Å²) in [5.41, 5.74) is 7.10. The maximum atomic E-state index is 12.2. The van der Waals surface area contributed by atoms with Crippen LogP contribution < -0.4 is 11.1 Å². The highest BCUT2D eigenvalue weighted by Crippen LogP contribution is 2.14. The van der Waals surface area contributed by atoms with Gasteiger partial charge < -0.3 is 16.0 Å². The van der Waals surface area contributed by atoms with Gasteiger partial charge in [0.05, 0.1) is 0 Å². The second-order valence-corrected chi connectivity index (χ2v) is 4.78. The number of amides is 2. The van der Waals surface area contributed by atoms with E-state index in [0.29, 0.717) is 18.2 Å². The third kappa shape index (κ3) is 4.81. The summed E-state index contributed by atoms with van der Waals surface area (Å²) in [5.74, 6) is 0.562. The minimum Gasteiger partial charge on any atom is -0.399 e. The highest BCUT2D eigenvalue weighted by molar-refractivity contribution is 5.89. The average Bonchev–Trinajstić information content (AvgIpc) is 2.40. The van der Waals surface area contributed by atoms with Crippen LogP contribution in [0.5, 0.6) is 0 Å². The van der Waals surface area contributed by atoms with Gasteiger partial charge in [0, 0.05) is 24.5 Å². The van der Waals surface area contributed by atoms with Crippen LogP contribution in [0.2, 0.25) is 0 Å². The molecule has 0 atom stereocenters. The van der Waals surface area contributed by atoms with Crippen LogP contribution >= 0.6 is 0 Å². The second-order valence-electron chi connectivity index (χ2n) is 4.78. The van der Waals surface area contributed by atoms with Gasteiger partial charge in [0.15, 0.2) is 0 Å². The molecule has 2 amide bonds. The van der Waals surface area contributed by atoms with Crippen LogP contribution in [-0.2, 0) is 0 Å². The number of nitrogens with one attached hydrogen (secondary N) is 1. The molecule has 106 valence electrons. The molecule has 0 spiro atoms. The number of nitrogens with zero attached hydrogens (tertiary/aromatic N) is 1. The van der Waals surface area contributed by atoms with Crippen LogP contribution in [0.3, 0.4) is 0 Å². The molecule has 0 saturated carbocycles. The highest BCUT2D eigenvalue weighted by Gasteiger charge is 2.15. The number of nitrogens with two attached hydrogens (primary N) is 1. The maximum absolute atomic E-state index is 12.2. The molecule has 0 unspecified atom stereocenters. The standard InChI is InChI=1S/C15H25N3O/c1-4-12(5-2)11-18(6-3)15(19)17-14-9-7-8-13(16)10-14/h7-10,12H,4-6,11,16H2,1-3H3,(H,17,19). The lowest BCUT2D eigenvalue weighted by Gasteiger charge is -2.25. The van der Waals surface area contributed by atoms with Gasteiger partial charge >= 0.3 is 6.03 Å². The molecule has 0 aliphatic heterocycles. The van der Waals surface area contributed by atoms with Crippen LogP contribution in [0.25, 0.3) is 0 Å². The summed E-state index contributed by atoms with van der Waals surface area (Å²) in [6.07, 6.45) is 2.19. The van der Waals surface area contributed by atoms with Crippen LogP contribution in [-0.4, -0.2) is 24.0 Å². The number of urea groups is 1. The van der Waals surface area contributed by atoms with Gasteiger partial charge in [-0.15, -0.1) is 0 Å². The van der Waals surface area contributed by atoms with Gasteiger partial charge in [-0.05, 0) is 31.0 Å². The number of hydrogen-bond acceptors (Lipinski definition) is 2. The fraction of sp³-hybridized carbons (Fsp3) is 0.533. The predicted molar refractivity (Wildman–Crippen MR) is 81.2 cm³/mol. The van der Waals surface area contributed by atoms with Crippen LogP contribution in [0.1, 0.15) is 33.6 Å². The van der Waals surface area contributed by atoms with E-state index in [9.17, 15) is 4.79 Å². The Bertz CT molecular complexity index is 402. The molecule has 0 radical (unpaired) electrons. The summed E-state index contributed by atoms with van der Waals surface area (Å²) in [7, 11) is 0. The van der Waals surface area contributed by atoms with Gasteiger partial charge in [0.25, 0.3) is 0 Å². The maximum Gasteiger partial charge on any atom is 0.321 e. The number of carbonyl (C=O) groups is 1. The molecule has 0 aliphatic carbocycles. The van der Waals surface area contributed by atoms with E-state index < -0.39 is 0 Å². The van der Waals surface area contributed by atoms with Gasteiger partial charge in [-0.1, -0.05) is 32.8 Å². The summed E-state index contributed by atoms with van der Waals surface area (Å²) in [5, 5.41) is 2.89. The van der Waals surface area contributed by atoms with Crippen molar-refractivity contribution in [2.75, 3.05) is 24.1 Å². The monoisotopic (exact) mass is 263 g/mol. The SMILES string of the molecule is CCC(CC)CN(CC)C(=O)Nc1cccc(N)c1. The van der Waals surface area contributed by atoms with Crippen molar-refractivity contribution >= 4 is 17.4 Å². The van der Waals surface area contributed by atoms with Crippen molar-refractivity contribution in [1.29, 1.82) is 0 Å². The molecule has 0 heterocycles. The number of rotatable bonds is 6. The summed E-state index contributed by atoms with van der Waals surface area (Å²) < 4.78 is 0. The molecule has 0 aliphatic rings. The van der Waals surface area contributed by atoms with Crippen molar-refractivity contribution in [3.63, 3.8) is 0 Å². The fourth-order valence-corrected chi connectivity index (χ4v) is 2.03. The summed E-state index contributed by atoms with van der Waals surface area (Å²) >= 11 is 0. The smallest absolute Gasteiger partial charge is 0.321 e. The highest BCUT2D eigenvalue weighted by atomic mass is 16.2. The quantitative estimate of drug-likeness (QED) is 0.771. The van der Waals surface area contributed by atoms with E-state index >= 15 is 0 Å². The molecule has 1 aromatic carbocycles. The first-order valence-electron chi connectivity index (χ1n) is 7.02. The number of carbonyl (C=O) groups excluding carboxylic acids is 1. The molecule has 1 aromatic rings. The van der Waals surface area contributed by atoms with Crippen molar-refractivity contribution in [3.8, 4) is 0 Å². The van der Waals surface area contributed by atoms with E-state index in [1.807, 2.05) is 24.0 Å². The van der Waals surface area contributed by atoms with E-state index in [2.05, 4.69) is 19.2 Å². The van der Waals surface area contributed by atoms with Gasteiger partial charge in [0.1, 0.15) is 0 Å². The predicted octanol–water partition coefficient (Wildman–Crippen LogP) is 3.56. The molecule has 0 fully saturated rings. The lowest BCUT2D eigenvalue weighted by atomic mass is 10.0. The van der Waals surface area contributed by atoms with Crippen LogP contribution in [0, 0.1) is 5.92 Å². The molecule has 0 saturated heterocycles. The summed E-state index contributed by atoms with van der Waals surface area (Å²) in [4.78, 5) is 14.0. The zero-order valence-corrected chi connectivity index (χ0v) is 12.1. The molecular formula is C15H25N3O. The lowest BCUT2D eigenvalue weighted by molar-refractivity contribution is 0.202. The third-order valence-electron chi connectivity index (χ3n) is 3.44. The summed E-state index contributed by atoms with van der Waals surface area (Å²) in [6.45, 7) is 7.85. The lowest BCUT2D eigenvalue weighted by Crippen LogP contribution is -2.38. The van der Waals surface area contributed by atoms with E-state index in [4.69, 9.17) is 5.73 Å². The van der Waals surface area contributed by atoms with Crippen molar-refractivity contribution < 1.29 is 4.79 Å². The van der Waals surface area contributed by atoms with Crippen molar-refractivity contribution in [2.45, 2.75) is 33.6 Å². The topological polar surface area (TPSA) is 58.4 Å². The fourth-order valence-electron chi connectivity index (χ4n) is 2.03. The molecule has 4 heteroatoms. The van der Waals surface area contributed by atoms with Crippen molar-refractivity contribution in [2.24, 2.45) is 5.92 Å². The van der Waals surface area contributed by atoms with Gasteiger partial charge in [0.2, 0.25) is 0 Å². The Hall–Kier alpha value is -1.71. The van der Waals surface area contributed by atoms with E-state index in [-0.39, 0.29) is 6.03 Å². The number of anilines is 2. The van der Waals surface area contributed by atoms with Gasteiger partial charge in [-0.2, -0.15) is 0 Å². The zero-order valence-electron chi connectivity index (χ0n) is 12.1. The number of hydrogen-bond donors (Lipinski definition) is 2. The molecule has 0 bridgehead atoms. The largest absolute Gasteiger partial charge is 0.399 e. The minimum absolute atomic E-state index is 0.0556. The third-order valence-corrected chi connectivity index (χ3v) is 3.44. The Kier molecular flexibility index (Phi) is 6.19. The van der Waals surface area contributed by atoms with E-state index in [0.717, 1.165) is 25.1 Å². The average molecular weight is 263 g/mol. The first-order valence-corrected chi connectivity index (χ1v) is 7.02. The molecule has 0 aromatic heterocycles. The minimum atomic E-state index is -0.0556. The Labute approximate surface area is 116 Å². The first kappa shape index (κ1) is 15.3. The Balaban J connectivity index is 2.63. The van der Waals surface area contributed by atoms with Gasteiger partial charge in [-0.25, -0.2) is 4.79 Å². The molecule has 4 nitrogen and oxygen atoms in total. The first-order chi connectivity index (χ1) is 9.10. The summed E-state index contributed by atoms with van der Waals surface area (Å²) in [6, 6.07) is 7.20. The van der Waals surface area contributed by atoms with Crippen molar-refractivity contribution in [3.05, 3.63) is 24.3 Å². The Morgan fingerprint density at radius 1 is 1.32 bits per heavy atom. The van der Waals surface area contributed by atoms with Crippen LogP contribution in [0.15, 0.2) is 24.3 Å². The normalized spacial score (nSPS) is 10.5. The van der Waals surface area contributed by atoms with Crippen molar-refractivity contribution in [1.82, 2.24) is 4.90 Å². The number of nitrogen functional groups attached to an aromatic ring is 1. The Morgan fingerprint density at radius 2 is 2.00 bits per heavy atom. The second kappa shape index (κ2) is 7.67. The molecule has 19 heavy (non-hydrogen) atoms. The zero-order chi connectivity index (χ0) is 14.3. The van der Waals surface area contributed by atoms with Crippen LogP contribution in [0.4, 0.5) is 16.2 Å². The van der Waals surface area contributed by atoms with Gasteiger partial charge in [-0.3, -0.25) is 0 Å². The number of benzene rings is 1. The molecular weight excluding hydrogens is 238 g/mol. The molecule has 1 rings (SSSR count). The van der Waals surface area contributed by atoms with E-state index in [1.165, 1.54) is 0 Å². The molecule has 3 N–H and O–H groups in total. The Morgan fingerprint density at radius 3 is 2.53 bits per heavy atom.